The summed E-state index contributed by atoms with van der Waals surface area (Å²) >= 11 is 6.00. The Morgan fingerprint density at radius 2 is 1.91 bits per heavy atom. The number of carbonyl (C=O) groups excluding carboxylic acids is 1. The van der Waals surface area contributed by atoms with Gasteiger partial charge in [0.15, 0.2) is 0 Å². The fraction of sp³-hybridized carbons (Fsp3) is 0.500. The molecule has 8 nitrogen and oxygen atoms in total. The lowest BCUT2D eigenvalue weighted by molar-refractivity contribution is -0.111. The average molecular weight is 621 g/mol. The van der Waals surface area contributed by atoms with E-state index in [1.165, 1.54) is 76.5 Å². The highest BCUT2D eigenvalue weighted by atomic mass is 35.5. The molecule has 2 saturated heterocycles. The number of benzene rings is 2. The zero-order valence-electron chi connectivity index (χ0n) is 25.5. The minimum absolute atomic E-state index is 0.0153. The van der Waals surface area contributed by atoms with Crippen molar-refractivity contribution in [3.8, 4) is 5.75 Å². The van der Waals surface area contributed by atoms with E-state index in [0.29, 0.717) is 51.8 Å². The van der Waals surface area contributed by atoms with Gasteiger partial charge in [-0.1, -0.05) is 24.1 Å². The number of amides is 1. The zero-order chi connectivity index (χ0) is 30.5. The molecule has 2 N–H and O–H groups in total. The monoisotopic (exact) mass is 620 g/mol. The number of likely N-dealkylation sites (tertiary alicyclic amines) is 2. The van der Waals surface area contributed by atoms with Crippen LogP contribution in [0.3, 0.4) is 0 Å². The molecule has 2 aliphatic heterocycles. The summed E-state index contributed by atoms with van der Waals surface area (Å²) in [6.45, 7) is 5.87. The Morgan fingerprint density at radius 1 is 1.11 bits per heavy atom. The van der Waals surface area contributed by atoms with Crippen LogP contribution >= 0.6 is 11.6 Å². The standard InChI is InChI=1S/C34H42ClFN6O2/c1-41-15-10-34(11-16-41)21-24(22-34)9-17-44-31-20-29-26(33(38-23-37-29)39-25-7-8-28(36)27(35)18-25)19-30(31)40-32(43)6-5-14-42-12-3-2-4-13-42/h5-8,18-20,23-24H,2-4,9-17,21-22H2,1H3,(H,40,43)(H,37,38,39)/b6-5+. The first kappa shape index (κ1) is 30.7. The van der Waals surface area contributed by atoms with Crippen molar-refractivity contribution >= 4 is 45.6 Å². The lowest BCUT2D eigenvalue weighted by Gasteiger charge is -2.52. The summed E-state index contributed by atoms with van der Waals surface area (Å²) in [6.07, 6.45) is 14.8. The van der Waals surface area contributed by atoms with Crippen molar-refractivity contribution in [2.45, 2.75) is 51.4 Å². The van der Waals surface area contributed by atoms with Gasteiger partial charge in [0.05, 0.1) is 22.8 Å². The number of hydrogen-bond donors (Lipinski definition) is 2. The predicted molar refractivity (Wildman–Crippen MR) is 174 cm³/mol. The predicted octanol–water partition coefficient (Wildman–Crippen LogP) is 7.04. The van der Waals surface area contributed by atoms with Crippen LogP contribution in [-0.4, -0.2) is 72.1 Å². The molecule has 0 bridgehead atoms. The van der Waals surface area contributed by atoms with Gasteiger partial charge in [0.1, 0.15) is 23.7 Å². The van der Waals surface area contributed by atoms with E-state index in [0.717, 1.165) is 26.1 Å². The largest absolute Gasteiger partial charge is 0.491 e. The molecule has 1 aliphatic carbocycles. The molecule has 0 unspecified atom stereocenters. The Hall–Kier alpha value is -3.27. The van der Waals surface area contributed by atoms with E-state index in [1.54, 1.807) is 12.1 Å². The first-order valence-corrected chi connectivity index (χ1v) is 16.3. The Kier molecular flexibility index (Phi) is 9.64. The van der Waals surface area contributed by atoms with E-state index < -0.39 is 5.82 Å². The molecule has 1 amide bonds. The highest BCUT2D eigenvalue weighted by Gasteiger charge is 2.44. The Labute approximate surface area is 264 Å². The van der Waals surface area contributed by atoms with Crippen LogP contribution in [0.4, 0.5) is 21.6 Å². The molecule has 0 atom stereocenters. The molecule has 44 heavy (non-hydrogen) atoms. The number of ether oxygens (including phenoxy) is 1. The molecule has 1 aromatic heterocycles. The normalized spacial score (nSPS) is 19.3. The van der Waals surface area contributed by atoms with Gasteiger partial charge >= 0.3 is 0 Å². The van der Waals surface area contributed by atoms with Crippen molar-refractivity contribution in [1.82, 2.24) is 19.8 Å². The zero-order valence-corrected chi connectivity index (χ0v) is 26.2. The summed E-state index contributed by atoms with van der Waals surface area (Å²) < 4.78 is 20.1. The number of hydrogen-bond acceptors (Lipinski definition) is 7. The second-order valence-electron chi connectivity index (χ2n) is 12.8. The number of fused-ring (bicyclic) bond motifs is 1. The minimum atomic E-state index is -0.492. The van der Waals surface area contributed by atoms with E-state index in [9.17, 15) is 9.18 Å². The van der Waals surface area contributed by atoms with E-state index in [4.69, 9.17) is 16.3 Å². The lowest BCUT2D eigenvalue weighted by atomic mass is 9.57. The van der Waals surface area contributed by atoms with Crippen LogP contribution in [0.2, 0.25) is 5.02 Å². The summed E-state index contributed by atoms with van der Waals surface area (Å²) in [4.78, 5) is 26.7. The van der Waals surface area contributed by atoms with Gasteiger partial charge in [-0.3, -0.25) is 9.69 Å². The third kappa shape index (κ3) is 7.50. The molecular weight excluding hydrogens is 579 g/mol. The van der Waals surface area contributed by atoms with Crippen LogP contribution < -0.4 is 15.4 Å². The van der Waals surface area contributed by atoms with E-state index in [-0.39, 0.29) is 10.9 Å². The second-order valence-corrected chi connectivity index (χ2v) is 13.2. The number of carbonyl (C=O) groups is 1. The van der Waals surface area contributed by atoms with Crippen LogP contribution in [0, 0.1) is 17.2 Å². The number of piperidine rings is 2. The van der Waals surface area contributed by atoms with Gasteiger partial charge in [0.2, 0.25) is 5.91 Å². The maximum absolute atomic E-state index is 13.7. The topological polar surface area (TPSA) is 82.6 Å². The molecule has 3 heterocycles. The van der Waals surface area contributed by atoms with Gasteiger partial charge in [-0.25, -0.2) is 14.4 Å². The molecule has 10 heteroatoms. The van der Waals surface area contributed by atoms with Gasteiger partial charge in [0.25, 0.3) is 0 Å². The second kappa shape index (κ2) is 13.8. The fourth-order valence-corrected chi connectivity index (χ4v) is 7.12. The summed E-state index contributed by atoms with van der Waals surface area (Å²) in [5.74, 6) is 1.06. The third-order valence-corrected chi connectivity index (χ3v) is 9.82. The maximum Gasteiger partial charge on any atom is 0.248 e. The van der Waals surface area contributed by atoms with Crippen LogP contribution in [0.25, 0.3) is 10.9 Å². The quantitative estimate of drug-likeness (QED) is 0.235. The molecule has 2 aromatic carbocycles. The van der Waals surface area contributed by atoms with Crippen molar-refractivity contribution in [3.05, 3.63) is 59.7 Å². The SMILES string of the molecule is CN1CCC2(CC1)CC(CCOc1cc3ncnc(Nc4ccc(F)c(Cl)c4)c3cc1NC(=O)/C=C/CN1CCCCC1)C2. The van der Waals surface area contributed by atoms with Crippen molar-refractivity contribution < 1.29 is 13.9 Å². The molecule has 1 saturated carbocycles. The Morgan fingerprint density at radius 3 is 2.68 bits per heavy atom. The number of rotatable bonds is 10. The van der Waals surface area contributed by atoms with Crippen molar-refractivity contribution in [3.63, 3.8) is 0 Å². The Bertz CT molecular complexity index is 1490. The van der Waals surface area contributed by atoms with Crippen LogP contribution in [-0.2, 0) is 4.79 Å². The molecule has 3 aliphatic rings. The molecule has 3 aromatic rings. The molecule has 3 fully saturated rings. The van der Waals surface area contributed by atoms with E-state index in [2.05, 4.69) is 37.4 Å². The van der Waals surface area contributed by atoms with Crippen LogP contribution in [0.15, 0.2) is 48.8 Å². The van der Waals surface area contributed by atoms with E-state index in [1.807, 2.05) is 18.2 Å². The highest BCUT2D eigenvalue weighted by Crippen LogP contribution is 2.53. The van der Waals surface area contributed by atoms with Crippen molar-refractivity contribution in [2.24, 2.45) is 11.3 Å². The van der Waals surface area contributed by atoms with Gasteiger partial charge in [-0.05, 0) is 114 Å². The fourth-order valence-electron chi connectivity index (χ4n) is 6.94. The summed E-state index contributed by atoms with van der Waals surface area (Å²) in [5.41, 5.74) is 2.35. The smallest absolute Gasteiger partial charge is 0.248 e. The van der Waals surface area contributed by atoms with Gasteiger partial charge < -0.3 is 20.3 Å². The summed E-state index contributed by atoms with van der Waals surface area (Å²) in [5, 5.41) is 6.95. The summed E-state index contributed by atoms with van der Waals surface area (Å²) in [7, 11) is 2.21. The molecule has 234 valence electrons. The number of halogens is 2. The van der Waals surface area contributed by atoms with Gasteiger partial charge in [-0.2, -0.15) is 0 Å². The summed E-state index contributed by atoms with van der Waals surface area (Å²) in [6, 6.07) is 8.10. The Balaban J connectivity index is 1.17. The van der Waals surface area contributed by atoms with Crippen LogP contribution in [0.1, 0.15) is 51.4 Å². The number of anilines is 3. The molecular formula is C34H42ClFN6O2. The van der Waals surface area contributed by atoms with E-state index >= 15 is 0 Å². The molecule has 0 radical (unpaired) electrons. The highest BCUT2D eigenvalue weighted by molar-refractivity contribution is 6.31. The lowest BCUT2D eigenvalue weighted by Crippen LogP contribution is -2.46. The third-order valence-electron chi connectivity index (χ3n) is 9.53. The average Bonchev–Trinajstić information content (AvgIpc) is 3.00. The molecule has 1 spiro atoms. The molecule has 6 rings (SSSR count). The maximum atomic E-state index is 13.7. The first-order chi connectivity index (χ1) is 21.4. The van der Waals surface area contributed by atoms with Crippen molar-refractivity contribution in [2.75, 3.05) is 57.0 Å². The van der Waals surface area contributed by atoms with Crippen LogP contribution in [0.5, 0.6) is 5.75 Å². The minimum Gasteiger partial charge on any atom is -0.491 e. The number of nitrogens with one attached hydrogen (secondary N) is 2. The van der Waals surface area contributed by atoms with Gasteiger partial charge in [-0.15, -0.1) is 0 Å². The number of aromatic nitrogens is 2. The first-order valence-electron chi connectivity index (χ1n) is 15.9. The van der Waals surface area contributed by atoms with Gasteiger partial charge in [0, 0.05) is 29.8 Å². The van der Waals surface area contributed by atoms with Crippen molar-refractivity contribution in [1.29, 1.82) is 0 Å². The number of nitrogens with zero attached hydrogens (tertiary/aromatic N) is 4.